The molecule has 0 bridgehead atoms. The summed E-state index contributed by atoms with van der Waals surface area (Å²) in [5.41, 5.74) is 1.37. The standard InChI is InChI=1S/C23H29N3O3/c1-4-25(16-19-8-6-5-7-9-19)17-26-21(27)23(2,24-22(26)28)15-14-18-10-12-20(29-3)13-11-18/h5-13H,4,14-17H2,1-3H3,(H,24,28)/t23-/m1/s1. The van der Waals surface area contributed by atoms with Crippen molar-refractivity contribution in [3.63, 3.8) is 0 Å². The minimum absolute atomic E-state index is 0.164. The first kappa shape index (κ1) is 20.9. The number of carbonyl (C=O) groups is 2. The van der Waals surface area contributed by atoms with Gasteiger partial charge in [-0.3, -0.25) is 9.69 Å². The first-order valence-electron chi connectivity index (χ1n) is 9.98. The number of hydrogen-bond donors (Lipinski definition) is 1. The average molecular weight is 396 g/mol. The summed E-state index contributed by atoms with van der Waals surface area (Å²) in [5, 5.41) is 2.90. The summed E-state index contributed by atoms with van der Waals surface area (Å²) >= 11 is 0. The highest BCUT2D eigenvalue weighted by atomic mass is 16.5. The zero-order chi connectivity index (χ0) is 20.9. The van der Waals surface area contributed by atoms with Gasteiger partial charge < -0.3 is 10.1 Å². The number of nitrogens with zero attached hydrogens (tertiary/aromatic N) is 2. The molecule has 3 amide bonds. The normalized spacial score (nSPS) is 19.0. The maximum absolute atomic E-state index is 13.1. The minimum Gasteiger partial charge on any atom is -0.497 e. The number of benzene rings is 2. The molecule has 6 heteroatoms. The summed E-state index contributed by atoms with van der Waals surface area (Å²) in [4.78, 5) is 29.0. The van der Waals surface area contributed by atoms with Crippen molar-refractivity contribution in [2.24, 2.45) is 0 Å². The number of imide groups is 1. The van der Waals surface area contributed by atoms with E-state index in [0.29, 0.717) is 19.4 Å². The van der Waals surface area contributed by atoms with Crippen LogP contribution in [0.2, 0.25) is 0 Å². The van der Waals surface area contributed by atoms with Gasteiger partial charge in [0.25, 0.3) is 5.91 Å². The molecule has 154 valence electrons. The molecule has 1 saturated heterocycles. The van der Waals surface area contributed by atoms with Gasteiger partial charge in [-0.2, -0.15) is 0 Å². The van der Waals surface area contributed by atoms with Gasteiger partial charge in [0.15, 0.2) is 0 Å². The molecule has 1 aliphatic rings. The Hall–Kier alpha value is -2.86. The Morgan fingerprint density at radius 3 is 2.34 bits per heavy atom. The average Bonchev–Trinajstić information content (AvgIpc) is 2.96. The van der Waals surface area contributed by atoms with Gasteiger partial charge in [0.1, 0.15) is 11.3 Å². The number of methoxy groups -OCH3 is 1. The third kappa shape index (κ3) is 4.95. The molecule has 0 unspecified atom stereocenters. The van der Waals surface area contributed by atoms with Gasteiger partial charge in [0.05, 0.1) is 13.8 Å². The Bertz CT molecular complexity index is 838. The molecule has 1 fully saturated rings. The second kappa shape index (κ2) is 9.09. The summed E-state index contributed by atoms with van der Waals surface area (Å²) in [6.07, 6.45) is 1.24. The molecule has 0 aliphatic carbocycles. The molecule has 29 heavy (non-hydrogen) atoms. The number of nitrogens with one attached hydrogen (secondary N) is 1. The summed E-state index contributed by atoms with van der Waals surface area (Å²) in [6, 6.07) is 17.5. The van der Waals surface area contributed by atoms with E-state index in [1.165, 1.54) is 4.90 Å². The fourth-order valence-electron chi connectivity index (χ4n) is 3.53. The Morgan fingerprint density at radius 1 is 1.03 bits per heavy atom. The molecule has 1 atom stereocenters. The van der Waals surface area contributed by atoms with Crippen LogP contribution in [0.4, 0.5) is 4.79 Å². The Balaban J connectivity index is 1.62. The molecular weight excluding hydrogens is 366 g/mol. The van der Waals surface area contributed by atoms with E-state index in [9.17, 15) is 9.59 Å². The van der Waals surface area contributed by atoms with Gasteiger partial charge in [-0.05, 0) is 49.6 Å². The lowest BCUT2D eigenvalue weighted by Crippen LogP contribution is -2.45. The smallest absolute Gasteiger partial charge is 0.326 e. The van der Waals surface area contributed by atoms with Crippen LogP contribution in [-0.4, -0.2) is 47.6 Å². The first-order chi connectivity index (χ1) is 13.9. The minimum atomic E-state index is -0.886. The van der Waals surface area contributed by atoms with E-state index in [1.807, 2.05) is 68.4 Å². The number of rotatable bonds is 9. The maximum atomic E-state index is 13.1. The number of amides is 3. The molecule has 0 radical (unpaired) electrons. The van der Waals surface area contributed by atoms with Crippen LogP contribution in [0.25, 0.3) is 0 Å². The van der Waals surface area contributed by atoms with Crippen LogP contribution in [0.5, 0.6) is 5.75 Å². The zero-order valence-electron chi connectivity index (χ0n) is 17.4. The van der Waals surface area contributed by atoms with Crippen molar-refractivity contribution in [3.05, 3.63) is 65.7 Å². The molecule has 6 nitrogen and oxygen atoms in total. The predicted octanol–water partition coefficient (Wildman–Crippen LogP) is 3.42. The number of urea groups is 1. The van der Waals surface area contributed by atoms with Crippen molar-refractivity contribution >= 4 is 11.9 Å². The van der Waals surface area contributed by atoms with Gasteiger partial charge in [-0.15, -0.1) is 0 Å². The molecule has 1 heterocycles. The lowest BCUT2D eigenvalue weighted by atomic mass is 9.93. The Labute approximate surface area is 172 Å². The molecule has 0 spiro atoms. The number of carbonyl (C=O) groups excluding carboxylic acids is 2. The fraction of sp³-hybridized carbons (Fsp3) is 0.391. The number of aryl methyl sites for hydroxylation is 1. The van der Waals surface area contributed by atoms with E-state index >= 15 is 0 Å². The number of hydrogen-bond acceptors (Lipinski definition) is 4. The molecule has 2 aromatic rings. The fourth-order valence-corrected chi connectivity index (χ4v) is 3.53. The molecule has 0 saturated carbocycles. The molecule has 1 N–H and O–H groups in total. The van der Waals surface area contributed by atoms with E-state index in [-0.39, 0.29) is 18.6 Å². The van der Waals surface area contributed by atoms with Gasteiger partial charge in [-0.1, -0.05) is 49.4 Å². The van der Waals surface area contributed by atoms with Crippen LogP contribution in [-0.2, 0) is 17.8 Å². The molecular formula is C23H29N3O3. The summed E-state index contributed by atoms with van der Waals surface area (Å²) < 4.78 is 5.18. The second-order valence-electron chi connectivity index (χ2n) is 7.62. The molecule has 0 aromatic heterocycles. The molecule has 3 rings (SSSR count). The van der Waals surface area contributed by atoms with Crippen LogP contribution in [0.1, 0.15) is 31.4 Å². The van der Waals surface area contributed by atoms with Crippen molar-refractivity contribution in [3.8, 4) is 5.75 Å². The van der Waals surface area contributed by atoms with Crippen LogP contribution in [0, 0.1) is 0 Å². The van der Waals surface area contributed by atoms with Crippen molar-refractivity contribution in [1.82, 2.24) is 15.1 Å². The lowest BCUT2D eigenvalue weighted by molar-refractivity contribution is -0.132. The van der Waals surface area contributed by atoms with E-state index in [1.54, 1.807) is 7.11 Å². The van der Waals surface area contributed by atoms with Gasteiger partial charge >= 0.3 is 6.03 Å². The van der Waals surface area contributed by atoms with Crippen LogP contribution < -0.4 is 10.1 Å². The highest BCUT2D eigenvalue weighted by molar-refractivity contribution is 6.06. The quantitative estimate of drug-likeness (QED) is 0.661. The third-order valence-electron chi connectivity index (χ3n) is 5.46. The van der Waals surface area contributed by atoms with E-state index < -0.39 is 5.54 Å². The van der Waals surface area contributed by atoms with Gasteiger partial charge in [0, 0.05) is 6.54 Å². The first-order valence-corrected chi connectivity index (χ1v) is 9.98. The maximum Gasteiger partial charge on any atom is 0.326 e. The van der Waals surface area contributed by atoms with Gasteiger partial charge in [0.2, 0.25) is 0 Å². The predicted molar refractivity (Wildman–Crippen MR) is 112 cm³/mol. The Kier molecular flexibility index (Phi) is 6.54. The largest absolute Gasteiger partial charge is 0.497 e. The highest BCUT2D eigenvalue weighted by Crippen LogP contribution is 2.24. The summed E-state index contributed by atoms with van der Waals surface area (Å²) in [7, 11) is 1.63. The van der Waals surface area contributed by atoms with Gasteiger partial charge in [-0.25, -0.2) is 9.69 Å². The topological polar surface area (TPSA) is 61.9 Å². The SMILES string of the molecule is CCN(Cc1ccccc1)CN1C(=O)N[C@](C)(CCc2ccc(OC)cc2)C1=O. The van der Waals surface area contributed by atoms with Crippen molar-refractivity contribution in [2.75, 3.05) is 20.3 Å². The summed E-state index contributed by atoms with van der Waals surface area (Å²) in [6.45, 7) is 5.56. The molecule has 1 aliphatic heterocycles. The monoisotopic (exact) mass is 395 g/mol. The second-order valence-corrected chi connectivity index (χ2v) is 7.62. The van der Waals surface area contributed by atoms with Crippen LogP contribution in [0.3, 0.4) is 0 Å². The van der Waals surface area contributed by atoms with Crippen molar-refractivity contribution in [1.29, 1.82) is 0 Å². The third-order valence-corrected chi connectivity index (χ3v) is 5.46. The molecule has 2 aromatic carbocycles. The van der Waals surface area contributed by atoms with E-state index in [0.717, 1.165) is 23.4 Å². The zero-order valence-corrected chi connectivity index (χ0v) is 17.4. The van der Waals surface area contributed by atoms with E-state index in [2.05, 4.69) is 10.2 Å². The van der Waals surface area contributed by atoms with E-state index in [4.69, 9.17) is 4.74 Å². The van der Waals surface area contributed by atoms with Crippen molar-refractivity contribution in [2.45, 2.75) is 38.8 Å². The number of ether oxygens (including phenoxy) is 1. The van der Waals surface area contributed by atoms with Crippen molar-refractivity contribution < 1.29 is 14.3 Å². The van der Waals surface area contributed by atoms with Crippen LogP contribution >= 0.6 is 0 Å². The summed E-state index contributed by atoms with van der Waals surface area (Å²) in [5.74, 6) is 0.636. The highest BCUT2D eigenvalue weighted by Gasteiger charge is 2.47. The lowest BCUT2D eigenvalue weighted by Gasteiger charge is -2.26. The Morgan fingerprint density at radius 2 is 1.72 bits per heavy atom. The van der Waals surface area contributed by atoms with Crippen LogP contribution in [0.15, 0.2) is 54.6 Å².